The normalized spacial score (nSPS) is 26.2. The lowest BCUT2D eigenvalue weighted by molar-refractivity contribution is 0.0263. The molecular formula is C20H27N3OS. The largest absolute Gasteiger partial charge is 0.376 e. The van der Waals surface area contributed by atoms with Crippen LogP contribution in [0.25, 0.3) is 0 Å². The molecule has 0 unspecified atom stereocenters. The molecule has 0 aromatic carbocycles. The average Bonchev–Trinajstić information content (AvgIpc) is 3.25. The van der Waals surface area contributed by atoms with Crippen LogP contribution in [0.4, 0.5) is 0 Å². The Morgan fingerprint density at radius 2 is 2.32 bits per heavy atom. The summed E-state index contributed by atoms with van der Waals surface area (Å²) in [4.78, 5) is 12.7. The summed E-state index contributed by atoms with van der Waals surface area (Å²) < 4.78 is 6.22. The Labute approximate surface area is 154 Å². The molecule has 4 nitrogen and oxygen atoms in total. The van der Waals surface area contributed by atoms with E-state index in [2.05, 4.69) is 34.8 Å². The molecule has 5 heteroatoms. The number of thiazole rings is 1. The fourth-order valence-electron chi connectivity index (χ4n) is 4.57. The van der Waals surface area contributed by atoms with E-state index in [1.54, 1.807) is 11.3 Å². The number of ether oxygens (including phenoxy) is 1. The second kappa shape index (κ2) is 7.14. The van der Waals surface area contributed by atoms with Gasteiger partial charge in [-0.15, -0.1) is 11.3 Å². The van der Waals surface area contributed by atoms with E-state index in [1.807, 2.05) is 17.9 Å². The predicted octanol–water partition coefficient (Wildman–Crippen LogP) is 3.97. The minimum atomic E-state index is 0.356. The van der Waals surface area contributed by atoms with Crippen LogP contribution in [0.3, 0.4) is 0 Å². The molecular weight excluding hydrogens is 330 g/mol. The van der Waals surface area contributed by atoms with Crippen molar-refractivity contribution in [3.05, 3.63) is 45.7 Å². The average molecular weight is 358 g/mol. The highest BCUT2D eigenvalue weighted by Gasteiger charge is 2.49. The van der Waals surface area contributed by atoms with Crippen LogP contribution in [0.15, 0.2) is 24.0 Å². The molecule has 2 aliphatic rings. The van der Waals surface area contributed by atoms with Crippen molar-refractivity contribution in [2.24, 2.45) is 11.3 Å². The van der Waals surface area contributed by atoms with Crippen molar-refractivity contribution in [1.82, 2.24) is 14.9 Å². The van der Waals surface area contributed by atoms with Gasteiger partial charge in [0, 0.05) is 42.3 Å². The molecule has 1 saturated carbocycles. The zero-order valence-corrected chi connectivity index (χ0v) is 16.0. The lowest BCUT2D eigenvalue weighted by atomic mass is 9.81. The van der Waals surface area contributed by atoms with E-state index < -0.39 is 0 Å². The Kier molecular flexibility index (Phi) is 4.89. The number of rotatable bonds is 6. The maximum absolute atomic E-state index is 6.22. The monoisotopic (exact) mass is 357 g/mol. The summed E-state index contributed by atoms with van der Waals surface area (Å²) in [5.41, 5.74) is 6.00. The number of nitrogens with zero attached hydrogens (tertiary/aromatic N) is 3. The van der Waals surface area contributed by atoms with E-state index in [9.17, 15) is 0 Å². The molecule has 4 rings (SSSR count). The van der Waals surface area contributed by atoms with Gasteiger partial charge >= 0.3 is 0 Å². The highest BCUT2D eigenvalue weighted by atomic mass is 32.1. The summed E-state index contributed by atoms with van der Waals surface area (Å²) in [6.07, 6.45) is 7.80. The van der Waals surface area contributed by atoms with Gasteiger partial charge in [-0.3, -0.25) is 9.88 Å². The van der Waals surface area contributed by atoms with Crippen molar-refractivity contribution in [1.29, 1.82) is 0 Å². The molecule has 1 saturated heterocycles. The highest BCUT2D eigenvalue weighted by molar-refractivity contribution is 7.09. The summed E-state index contributed by atoms with van der Waals surface area (Å²) in [6, 6.07) is 2.06. The first-order valence-corrected chi connectivity index (χ1v) is 10.1. The first-order valence-electron chi connectivity index (χ1n) is 9.25. The molecule has 25 heavy (non-hydrogen) atoms. The number of hydrogen-bond acceptors (Lipinski definition) is 5. The lowest BCUT2D eigenvalue weighted by Crippen LogP contribution is -2.32. The van der Waals surface area contributed by atoms with Crippen LogP contribution < -0.4 is 0 Å². The Hall–Kier alpha value is -1.30. The van der Waals surface area contributed by atoms with Gasteiger partial charge < -0.3 is 4.74 Å². The Balaban J connectivity index is 1.38. The minimum absolute atomic E-state index is 0.356. The molecule has 1 aliphatic heterocycles. The number of aryl methyl sites for hydroxylation is 2. The minimum Gasteiger partial charge on any atom is -0.376 e. The molecule has 0 radical (unpaired) electrons. The van der Waals surface area contributed by atoms with Gasteiger partial charge in [-0.05, 0) is 49.8 Å². The van der Waals surface area contributed by atoms with Crippen LogP contribution in [0, 0.1) is 25.2 Å². The van der Waals surface area contributed by atoms with Crippen molar-refractivity contribution in [2.75, 3.05) is 19.7 Å². The topological polar surface area (TPSA) is 38.2 Å². The van der Waals surface area contributed by atoms with Gasteiger partial charge in [0.1, 0.15) is 0 Å². The van der Waals surface area contributed by atoms with Crippen LogP contribution in [0.5, 0.6) is 0 Å². The Bertz CT molecular complexity index is 731. The molecule has 2 atom stereocenters. The summed E-state index contributed by atoms with van der Waals surface area (Å²) >= 11 is 1.79. The van der Waals surface area contributed by atoms with E-state index >= 15 is 0 Å². The van der Waals surface area contributed by atoms with Crippen molar-refractivity contribution in [2.45, 2.75) is 46.3 Å². The van der Waals surface area contributed by atoms with Gasteiger partial charge in [-0.25, -0.2) is 4.98 Å². The summed E-state index contributed by atoms with van der Waals surface area (Å²) in [5, 5.41) is 0. The third-order valence-electron chi connectivity index (χ3n) is 6.12. The molecule has 0 bridgehead atoms. The summed E-state index contributed by atoms with van der Waals surface area (Å²) in [7, 11) is 0. The van der Waals surface area contributed by atoms with Gasteiger partial charge in [0.05, 0.1) is 24.4 Å². The van der Waals surface area contributed by atoms with Gasteiger partial charge in [0.2, 0.25) is 0 Å². The second-order valence-electron chi connectivity index (χ2n) is 7.78. The van der Waals surface area contributed by atoms with Crippen LogP contribution in [0.1, 0.15) is 41.0 Å². The maximum Gasteiger partial charge on any atom is 0.0798 e. The predicted molar refractivity (Wildman–Crippen MR) is 101 cm³/mol. The van der Waals surface area contributed by atoms with Crippen LogP contribution in [-0.4, -0.2) is 34.6 Å². The quantitative estimate of drug-likeness (QED) is 0.784. The van der Waals surface area contributed by atoms with E-state index in [4.69, 9.17) is 4.74 Å². The summed E-state index contributed by atoms with van der Waals surface area (Å²) in [6.45, 7) is 9.25. The zero-order valence-electron chi connectivity index (χ0n) is 15.2. The van der Waals surface area contributed by atoms with Crippen molar-refractivity contribution in [3.63, 3.8) is 0 Å². The first kappa shape index (κ1) is 17.1. The van der Waals surface area contributed by atoms with Crippen molar-refractivity contribution < 1.29 is 4.74 Å². The van der Waals surface area contributed by atoms with Gasteiger partial charge in [0.15, 0.2) is 0 Å². The number of pyridine rings is 1. The van der Waals surface area contributed by atoms with Crippen LogP contribution in [0.2, 0.25) is 0 Å². The third-order valence-corrected chi connectivity index (χ3v) is 7.04. The number of hydrogen-bond donors (Lipinski definition) is 0. The Morgan fingerprint density at radius 3 is 3.12 bits per heavy atom. The standard InChI is InChI=1S/C20H27N3OS/c1-15-5-7-21-8-17(15)11-24-13-20-6-3-4-18(20)9-23(12-20)10-19-16(2)22-14-25-19/h5,7-8,14,18H,3-4,6,9-13H2,1-2H3/t18-,20+/m1/s1. The molecule has 2 aromatic heterocycles. The maximum atomic E-state index is 6.22. The molecule has 1 aliphatic carbocycles. The van der Waals surface area contributed by atoms with Crippen LogP contribution in [-0.2, 0) is 17.9 Å². The molecule has 0 amide bonds. The van der Waals surface area contributed by atoms with Gasteiger partial charge in [0.25, 0.3) is 0 Å². The fraction of sp³-hybridized carbons (Fsp3) is 0.600. The lowest BCUT2D eigenvalue weighted by Gasteiger charge is -2.29. The summed E-state index contributed by atoms with van der Waals surface area (Å²) in [5.74, 6) is 0.788. The first-order chi connectivity index (χ1) is 12.2. The van der Waals surface area contributed by atoms with Gasteiger partial charge in [-0.1, -0.05) is 6.42 Å². The molecule has 2 fully saturated rings. The highest BCUT2D eigenvalue weighted by Crippen LogP contribution is 2.49. The van der Waals surface area contributed by atoms with E-state index in [0.29, 0.717) is 12.0 Å². The SMILES string of the molecule is Cc1ccncc1COC[C@@]12CCC[C@@H]1CN(Cc1scnc1C)C2. The number of fused-ring (bicyclic) bond motifs is 1. The molecule has 0 N–H and O–H groups in total. The molecule has 134 valence electrons. The third kappa shape index (κ3) is 3.50. The van der Waals surface area contributed by atoms with E-state index in [1.165, 1.54) is 54.0 Å². The second-order valence-corrected chi connectivity index (χ2v) is 8.72. The smallest absolute Gasteiger partial charge is 0.0798 e. The number of likely N-dealkylation sites (tertiary alicyclic amines) is 1. The van der Waals surface area contributed by atoms with Gasteiger partial charge in [-0.2, -0.15) is 0 Å². The van der Waals surface area contributed by atoms with Crippen LogP contribution >= 0.6 is 11.3 Å². The molecule has 0 spiro atoms. The van der Waals surface area contributed by atoms with Crippen molar-refractivity contribution >= 4 is 11.3 Å². The zero-order chi connectivity index (χ0) is 17.3. The number of aromatic nitrogens is 2. The van der Waals surface area contributed by atoms with E-state index in [-0.39, 0.29) is 0 Å². The molecule has 2 aromatic rings. The van der Waals surface area contributed by atoms with Crippen molar-refractivity contribution in [3.8, 4) is 0 Å². The fourth-order valence-corrected chi connectivity index (χ4v) is 5.39. The Morgan fingerprint density at radius 1 is 1.40 bits per heavy atom. The molecule has 3 heterocycles. The van der Waals surface area contributed by atoms with E-state index in [0.717, 1.165) is 19.1 Å².